The summed E-state index contributed by atoms with van der Waals surface area (Å²) >= 11 is 9.53. The third kappa shape index (κ3) is 9.14. The standard InChI is InChI=1S/C7H6O2.CH2Cl2.H3N/c8-6-9-7-4-2-1-3-5-7;2-1-3;/h1-6H;1H2;1H3. The molecule has 13 heavy (non-hydrogen) atoms. The first-order chi connectivity index (χ1) is 5.85. The van der Waals surface area contributed by atoms with Crippen LogP contribution in [0.1, 0.15) is 0 Å². The summed E-state index contributed by atoms with van der Waals surface area (Å²) < 4.78 is 4.53. The third-order valence-corrected chi connectivity index (χ3v) is 0.927. The average molecular weight is 224 g/mol. The van der Waals surface area contributed by atoms with Gasteiger partial charge in [0.1, 0.15) is 5.75 Å². The number of rotatable bonds is 2. The van der Waals surface area contributed by atoms with Crippen molar-refractivity contribution in [3.05, 3.63) is 30.3 Å². The molecule has 0 heterocycles. The van der Waals surface area contributed by atoms with E-state index in [2.05, 4.69) is 4.74 Å². The Balaban J connectivity index is 0. The fraction of sp³-hybridized carbons (Fsp3) is 0.125. The minimum absolute atomic E-state index is 0. The number of para-hydroxylation sites is 1. The maximum Gasteiger partial charge on any atom is 0.298 e. The molecule has 1 aromatic carbocycles. The highest BCUT2D eigenvalue weighted by atomic mass is 35.5. The van der Waals surface area contributed by atoms with E-state index in [1.807, 2.05) is 6.07 Å². The summed E-state index contributed by atoms with van der Waals surface area (Å²) in [6, 6.07) is 8.90. The lowest BCUT2D eigenvalue weighted by molar-refractivity contribution is -0.120. The number of carbonyl (C=O) groups is 1. The van der Waals surface area contributed by atoms with E-state index in [-0.39, 0.29) is 11.5 Å². The minimum atomic E-state index is 0. The second kappa shape index (κ2) is 11.2. The molecular formula is C8H11Cl2NO2. The van der Waals surface area contributed by atoms with Crippen molar-refractivity contribution in [2.24, 2.45) is 0 Å². The fourth-order valence-corrected chi connectivity index (χ4v) is 0.555. The maximum absolute atomic E-state index is 9.75. The molecule has 0 fully saturated rings. The van der Waals surface area contributed by atoms with Crippen LogP contribution in [0.15, 0.2) is 30.3 Å². The van der Waals surface area contributed by atoms with Crippen LogP contribution in [-0.4, -0.2) is 11.8 Å². The summed E-state index contributed by atoms with van der Waals surface area (Å²) in [5, 5.41) is 0.194. The van der Waals surface area contributed by atoms with Gasteiger partial charge in [0.15, 0.2) is 0 Å². The van der Waals surface area contributed by atoms with Crippen LogP contribution in [0.25, 0.3) is 0 Å². The molecule has 0 aromatic heterocycles. The van der Waals surface area contributed by atoms with Gasteiger partial charge in [-0.15, -0.1) is 23.2 Å². The van der Waals surface area contributed by atoms with Crippen molar-refractivity contribution in [3.63, 3.8) is 0 Å². The summed E-state index contributed by atoms with van der Waals surface area (Å²) in [4.78, 5) is 9.75. The van der Waals surface area contributed by atoms with Gasteiger partial charge in [-0.25, -0.2) is 0 Å². The smallest absolute Gasteiger partial charge is 0.298 e. The topological polar surface area (TPSA) is 61.3 Å². The first-order valence-corrected chi connectivity index (χ1v) is 4.19. The summed E-state index contributed by atoms with van der Waals surface area (Å²) in [6.45, 7) is 0.412. The Bertz CT molecular complexity index is 207. The van der Waals surface area contributed by atoms with Crippen LogP contribution >= 0.6 is 23.2 Å². The Labute approximate surface area is 87.2 Å². The largest absolute Gasteiger partial charge is 0.429 e. The fourth-order valence-electron chi connectivity index (χ4n) is 0.555. The first-order valence-electron chi connectivity index (χ1n) is 3.12. The molecule has 74 valence electrons. The maximum atomic E-state index is 9.75. The lowest BCUT2D eigenvalue weighted by atomic mass is 10.3. The highest BCUT2D eigenvalue weighted by Gasteiger charge is 1.84. The molecule has 0 unspecified atom stereocenters. The molecule has 0 spiro atoms. The molecule has 0 saturated carbocycles. The Morgan fingerprint density at radius 1 is 1.23 bits per heavy atom. The SMILES string of the molecule is ClCCl.N.O=COc1ccccc1. The number of benzene rings is 1. The van der Waals surface area contributed by atoms with Gasteiger partial charge in [-0.2, -0.15) is 0 Å². The number of halogens is 2. The lowest BCUT2D eigenvalue weighted by Gasteiger charge is -1.92. The molecule has 0 atom stereocenters. The minimum Gasteiger partial charge on any atom is -0.429 e. The zero-order valence-corrected chi connectivity index (χ0v) is 8.46. The van der Waals surface area contributed by atoms with Crippen LogP contribution in [0.5, 0.6) is 5.75 Å². The molecule has 1 aromatic rings. The molecule has 1 rings (SSSR count). The third-order valence-electron chi connectivity index (χ3n) is 0.927. The summed E-state index contributed by atoms with van der Waals surface area (Å²) in [5.41, 5.74) is 0. The second-order valence-electron chi connectivity index (χ2n) is 1.63. The Morgan fingerprint density at radius 3 is 2.08 bits per heavy atom. The molecule has 0 radical (unpaired) electrons. The molecule has 3 nitrogen and oxygen atoms in total. The van der Waals surface area contributed by atoms with Crippen LogP contribution in [-0.2, 0) is 4.79 Å². The van der Waals surface area contributed by atoms with E-state index in [1.54, 1.807) is 24.3 Å². The summed E-state index contributed by atoms with van der Waals surface area (Å²) in [6.07, 6.45) is 0. The summed E-state index contributed by atoms with van der Waals surface area (Å²) in [5.74, 6) is 0.576. The molecule has 0 aliphatic carbocycles. The van der Waals surface area contributed by atoms with E-state index in [0.29, 0.717) is 12.2 Å². The van der Waals surface area contributed by atoms with Crippen molar-refractivity contribution in [1.82, 2.24) is 6.15 Å². The average Bonchev–Trinajstić information content (AvgIpc) is 2.08. The second-order valence-corrected chi connectivity index (χ2v) is 2.44. The molecular weight excluding hydrogens is 213 g/mol. The highest BCUT2D eigenvalue weighted by Crippen LogP contribution is 2.05. The zero-order chi connectivity index (χ0) is 9.23. The number of hydrogen-bond donors (Lipinski definition) is 1. The highest BCUT2D eigenvalue weighted by molar-refractivity contribution is 6.40. The van der Waals surface area contributed by atoms with Gasteiger partial charge in [0.2, 0.25) is 0 Å². The molecule has 0 aliphatic rings. The zero-order valence-electron chi connectivity index (χ0n) is 6.95. The van der Waals surface area contributed by atoms with Gasteiger partial charge in [0, 0.05) is 0 Å². The number of alkyl halides is 2. The van der Waals surface area contributed by atoms with Gasteiger partial charge in [-0.1, -0.05) is 18.2 Å². The molecule has 0 saturated heterocycles. The predicted molar refractivity (Wildman–Crippen MR) is 54.7 cm³/mol. The first kappa shape index (κ1) is 14.7. The monoisotopic (exact) mass is 223 g/mol. The Hall–Kier alpha value is -0.770. The lowest BCUT2D eigenvalue weighted by Crippen LogP contribution is -1.85. The summed E-state index contributed by atoms with van der Waals surface area (Å²) in [7, 11) is 0. The number of hydrogen-bond acceptors (Lipinski definition) is 3. The van der Waals surface area contributed by atoms with Gasteiger partial charge in [0.05, 0.1) is 5.34 Å². The molecule has 0 bridgehead atoms. The predicted octanol–water partition coefficient (Wildman–Crippen LogP) is 2.81. The van der Waals surface area contributed by atoms with E-state index in [0.717, 1.165) is 0 Å². The van der Waals surface area contributed by atoms with Gasteiger partial charge in [0.25, 0.3) is 6.47 Å². The van der Waals surface area contributed by atoms with E-state index in [1.165, 1.54) is 0 Å². The quantitative estimate of drug-likeness (QED) is 0.620. The van der Waals surface area contributed by atoms with Crippen molar-refractivity contribution in [1.29, 1.82) is 0 Å². The number of ether oxygens (including phenoxy) is 1. The van der Waals surface area contributed by atoms with Gasteiger partial charge in [-0.05, 0) is 12.1 Å². The van der Waals surface area contributed by atoms with E-state index in [9.17, 15) is 4.79 Å². The van der Waals surface area contributed by atoms with Crippen molar-refractivity contribution >= 4 is 29.7 Å². The van der Waals surface area contributed by atoms with Gasteiger partial charge < -0.3 is 10.9 Å². The van der Waals surface area contributed by atoms with E-state index in [4.69, 9.17) is 23.2 Å². The van der Waals surface area contributed by atoms with Crippen LogP contribution < -0.4 is 10.9 Å². The van der Waals surface area contributed by atoms with Crippen LogP contribution in [0.4, 0.5) is 0 Å². The van der Waals surface area contributed by atoms with Crippen LogP contribution in [0.2, 0.25) is 0 Å². The van der Waals surface area contributed by atoms with Crippen molar-refractivity contribution < 1.29 is 9.53 Å². The Kier molecular flexibility index (Phi) is 12.7. The molecule has 0 aliphatic heterocycles. The van der Waals surface area contributed by atoms with Crippen molar-refractivity contribution in [2.75, 3.05) is 5.34 Å². The molecule has 0 amide bonds. The van der Waals surface area contributed by atoms with Crippen molar-refractivity contribution in [3.8, 4) is 5.75 Å². The number of carbonyl (C=O) groups excluding carboxylic acids is 1. The van der Waals surface area contributed by atoms with E-state index >= 15 is 0 Å². The van der Waals surface area contributed by atoms with Gasteiger partial charge in [-0.3, -0.25) is 4.79 Å². The molecule has 3 N–H and O–H groups in total. The van der Waals surface area contributed by atoms with Gasteiger partial charge >= 0.3 is 0 Å². The van der Waals surface area contributed by atoms with Crippen LogP contribution in [0.3, 0.4) is 0 Å². The van der Waals surface area contributed by atoms with Crippen molar-refractivity contribution in [2.45, 2.75) is 0 Å². The van der Waals surface area contributed by atoms with E-state index < -0.39 is 0 Å². The molecule has 5 heteroatoms. The normalized spacial score (nSPS) is 7.23. The Morgan fingerprint density at radius 2 is 1.69 bits per heavy atom. The van der Waals surface area contributed by atoms with Crippen LogP contribution in [0, 0.1) is 0 Å².